The van der Waals surface area contributed by atoms with E-state index in [2.05, 4.69) is 10.1 Å². The van der Waals surface area contributed by atoms with E-state index in [0.29, 0.717) is 11.4 Å². The molecular weight excluding hydrogens is 418 g/mol. The SMILES string of the molecule is COC(=O)c1ccc(CC2(C)C(=O)Nc3ccc(-c4ccc(S(C)(=O)=O)cc4)cc32)o1. The van der Waals surface area contributed by atoms with Crippen LogP contribution in [-0.2, 0) is 31.2 Å². The quantitative estimate of drug-likeness (QED) is 0.610. The van der Waals surface area contributed by atoms with Crippen LogP contribution in [0.15, 0.2) is 63.9 Å². The predicted molar refractivity (Wildman–Crippen MR) is 115 cm³/mol. The van der Waals surface area contributed by atoms with Gasteiger partial charge in [-0.25, -0.2) is 13.2 Å². The highest BCUT2D eigenvalue weighted by Gasteiger charge is 2.43. The Morgan fingerprint density at radius 2 is 1.74 bits per heavy atom. The number of esters is 1. The van der Waals surface area contributed by atoms with Crippen molar-refractivity contribution in [2.75, 3.05) is 18.7 Å². The van der Waals surface area contributed by atoms with Gasteiger partial charge in [-0.05, 0) is 60.0 Å². The number of methoxy groups -OCH3 is 1. The van der Waals surface area contributed by atoms with E-state index in [1.165, 1.54) is 19.4 Å². The van der Waals surface area contributed by atoms with Crippen molar-refractivity contribution in [2.24, 2.45) is 0 Å². The Hall–Kier alpha value is -3.39. The number of amides is 1. The van der Waals surface area contributed by atoms with E-state index in [4.69, 9.17) is 4.42 Å². The van der Waals surface area contributed by atoms with Gasteiger partial charge >= 0.3 is 5.97 Å². The van der Waals surface area contributed by atoms with Crippen molar-refractivity contribution in [1.82, 2.24) is 0 Å². The monoisotopic (exact) mass is 439 g/mol. The van der Waals surface area contributed by atoms with Gasteiger partial charge in [0.15, 0.2) is 9.84 Å². The lowest BCUT2D eigenvalue weighted by Gasteiger charge is -2.21. The molecule has 1 N–H and O–H groups in total. The molecule has 31 heavy (non-hydrogen) atoms. The van der Waals surface area contributed by atoms with Gasteiger partial charge in [0.2, 0.25) is 11.7 Å². The number of anilines is 1. The molecule has 0 fully saturated rings. The molecule has 0 saturated heterocycles. The molecule has 1 atom stereocenters. The predicted octanol–water partition coefficient (Wildman–Crippen LogP) is 3.59. The Morgan fingerprint density at radius 1 is 1.06 bits per heavy atom. The number of hydrogen-bond acceptors (Lipinski definition) is 6. The molecule has 4 rings (SSSR count). The largest absolute Gasteiger partial charge is 0.463 e. The van der Waals surface area contributed by atoms with Crippen LogP contribution in [0, 0.1) is 0 Å². The molecule has 7 nitrogen and oxygen atoms in total. The maximum absolute atomic E-state index is 12.8. The Morgan fingerprint density at radius 3 is 2.39 bits per heavy atom. The first-order valence-electron chi connectivity index (χ1n) is 9.55. The molecule has 0 radical (unpaired) electrons. The summed E-state index contributed by atoms with van der Waals surface area (Å²) in [5.74, 6) is -0.163. The van der Waals surface area contributed by atoms with Crippen LogP contribution in [0.5, 0.6) is 0 Å². The normalized spacial score (nSPS) is 17.8. The molecule has 1 aromatic heterocycles. The summed E-state index contributed by atoms with van der Waals surface area (Å²) in [6.45, 7) is 1.82. The van der Waals surface area contributed by atoms with Crippen LogP contribution in [0.3, 0.4) is 0 Å². The molecule has 2 heterocycles. The Bertz CT molecular complexity index is 1290. The van der Waals surface area contributed by atoms with Crippen molar-refractivity contribution in [2.45, 2.75) is 23.7 Å². The van der Waals surface area contributed by atoms with E-state index < -0.39 is 21.2 Å². The zero-order chi connectivity index (χ0) is 22.4. The molecule has 0 spiro atoms. The summed E-state index contributed by atoms with van der Waals surface area (Å²) in [4.78, 5) is 24.8. The number of furan rings is 1. The number of nitrogens with one attached hydrogen (secondary N) is 1. The number of carbonyl (C=O) groups excluding carboxylic acids is 2. The molecule has 0 aliphatic carbocycles. The van der Waals surface area contributed by atoms with Crippen molar-refractivity contribution in [3.63, 3.8) is 0 Å². The highest BCUT2D eigenvalue weighted by Crippen LogP contribution is 2.42. The average Bonchev–Trinajstić information content (AvgIpc) is 3.29. The highest BCUT2D eigenvalue weighted by atomic mass is 32.2. The summed E-state index contributed by atoms with van der Waals surface area (Å²) in [5, 5.41) is 2.91. The van der Waals surface area contributed by atoms with Crippen LogP contribution in [0.4, 0.5) is 5.69 Å². The molecular formula is C23H21NO6S. The van der Waals surface area contributed by atoms with Gasteiger partial charge in [-0.15, -0.1) is 0 Å². The van der Waals surface area contributed by atoms with Crippen LogP contribution >= 0.6 is 0 Å². The molecule has 0 saturated carbocycles. The zero-order valence-corrected chi connectivity index (χ0v) is 18.1. The third-order valence-electron chi connectivity index (χ3n) is 5.56. The summed E-state index contributed by atoms with van der Waals surface area (Å²) in [6, 6.07) is 15.4. The van der Waals surface area contributed by atoms with E-state index >= 15 is 0 Å². The fourth-order valence-corrected chi connectivity index (χ4v) is 4.40. The molecule has 0 bridgehead atoms. The van der Waals surface area contributed by atoms with Crippen molar-refractivity contribution in [3.05, 3.63) is 71.7 Å². The minimum atomic E-state index is -3.28. The van der Waals surface area contributed by atoms with Crippen molar-refractivity contribution < 1.29 is 27.2 Å². The molecule has 3 aromatic rings. The molecule has 8 heteroatoms. The van der Waals surface area contributed by atoms with Crippen molar-refractivity contribution in [3.8, 4) is 11.1 Å². The number of ether oxygens (including phenoxy) is 1. The molecule has 2 aromatic carbocycles. The van der Waals surface area contributed by atoms with Crippen LogP contribution in [0.25, 0.3) is 11.1 Å². The molecule has 1 aliphatic rings. The van der Waals surface area contributed by atoms with Crippen LogP contribution in [-0.4, -0.2) is 33.7 Å². The Labute approximate surface area is 180 Å². The minimum Gasteiger partial charge on any atom is -0.463 e. The first kappa shape index (κ1) is 20.9. The molecule has 1 amide bonds. The Balaban J connectivity index is 1.69. The lowest BCUT2D eigenvalue weighted by molar-refractivity contribution is -0.120. The highest BCUT2D eigenvalue weighted by molar-refractivity contribution is 7.90. The van der Waals surface area contributed by atoms with Gasteiger partial charge in [0.05, 0.1) is 17.4 Å². The second-order valence-corrected chi connectivity index (χ2v) is 9.79. The number of sulfone groups is 1. The van der Waals surface area contributed by atoms with E-state index in [-0.39, 0.29) is 23.0 Å². The summed E-state index contributed by atoms with van der Waals surface area (Å²) >= 11 is 0. The molecule has 1 aliphatic heterocycles. The van der Waals surface area contributed by atoms with Gasteiger partial charge in [0.25, 0.3) is 0 Å². The number of carbonyl (C=O) groups is 2. The summed E-state index contributed by atoms with van der Waals surface area (Å²) in [7, 11) is -2.00. The third kappa shape index (κ3) is 3.74. The van der Waals surface area contributed by atoms with Gasteiger partial charge < -0.3 is 14.5 Å². The Kier molecular flexibility index (Phi) is 4.97. The fourth-order valence-electron chi connectivity index (χ4n) is 3.77. The van der Waals surface area contributed by atoms with E-state index in [1.54, 1.807) is 30.3 Å². The number of rotatable bonds is 5. The van der Waals surface area contributed by atoms with Gasteiger partial charge in [0.1, 0.15) is 5.76 Å². The molecule has 1 unspecified atom stereocenters. The number of benzene rings is 2. The van der Waals surface area contributed by atoms with E-state index in [1.807, 2.05) is 25.1 Å². The third-order valence-corrected chi connectivity index (χ3v) is 6.68. The summed E-state index contributed by atoms with van der Waals surface area (Å²) in [6.07, 6.45) is 1.43. The van der Waals surface area contributed by atoms with Gasteiger partial charge in [0, 0.05) is 18.4 Å². The fraction of sp³-hybridized carbons (Fsp3) is 0.217. The first-order chi connectivity index (χ1) is 14.6. The minimum absolute atomic E-state index is 0.0828. The molecule has 160 valence electrons. The average molecular weight is 439 g/mol. The van der Waals surface area contributed by atoms with Gasteiger partial charge in [-0.3, -0.25) is 4.79 Å². The second-order valence-electron chi connectivity index (χ2n) is 7.78. The number of fused-ring (bicyclic) bond motifs is 1. The standard InChI is InChI=1S/C23H21NO6S/c1-23(13-16-7-11-20(30-16)21(25)29-2)18-12-15(6-10-19(18)24-22(23)26)14-4-8-17(9-5-14)31(3,27)28/h4-12H,13H2,1-3H3,(H,24,26). The van der Waals surface area contributed by atoms with Crippen LogP contribution in [0.1, 0.15) is 28.8 Å². The van der Waals surface area contributed by atoms with Crippen LogP contribution in [0.2, 0.25) is 0 Å². The van der Waals surface area contributed by atoms with Crippen molar-refractivity contribution >= 4 is 27.4 Å². The topological polar surface area (TPSA) is 103 Å². The van der Waals surface area contributed by atoms with Crippen LogP contribution < -0.4 is 5.32 Å². The van der Waals surface area contributed by atoms with Crippen molar-refractivity contribution in [1.29, 1.82) is 0 Å². The first-order valence-corrected chi connectivity index (χ1v) is 11.4. The van der Waals surface area contributed by atoms with E-state index in [9.17, 15) is 18.0 Å². The summed E-state index contributed by atoms with van der Waals surface area (Å²) < 4.78 is 33.7. The summed E-state index contributed by atoms with van der Waals surface area (Å²) in [5.41, 5.74) is 2.31. The lowest BCUT2D eigenvalue weighted by Crippen LogP contribution is -2.33. The maximum atomic E-state index is 12.8. The number of hydrogen-bond donors (Lipinski definition) is 1. The smallest absolute Gasteiger partial charge is 0.373 e. The van der Waals surface area contributed by atoms with E-state index in [0.717, 1.165) is 16.7 Å². The lowest BCUT2D eigenvalue weighted by atomic mass is 9.79. The van der Waals surface area contributed by atoms with Gasteiger partial charge in [-0.1, -0.05) is 18.2 Å². The second kappa shape index (κ2) is 7.39. The van der Waals surface area contributed by atoms with Gasteiger partial charge in [-0.2, -0.15) is 0 Å². The maximum Gasteiger partial charge on any atom is 0.373 e. The zero-order valence-electron chi connectivity index (χ0n) is 17.3.